The molecule has 0 bridgehead atoms. The third-order valence-electron chi connectivity index (χ3n) is 3.12. The predicted molar refractivity (Wildman–Crippen MR) is 71.0 cm³/mol. The highest BCUT2D eigenvalue weighted by Gasteiger charge is 2.35. The number of alkyl halides is 3. The van der Waals surface area contributed by atoms with E-state index >= 15 is 0 Å². The van der Waals surface area contributed by atoms with Gasteiger partial charge in [0.2, 0.25) is 5.91 Å². The molecule has 2 unspecified atom stereocenters. The van der Waals surface area contributed by atoms with Crippen molar-refractivity contribution in [2.24, 2.45) is 11.8 Å². The monoisotopic (exact) mass is 323 g/mol. The summed E-state index contributed by atoms with van der Waals surface area (Å²) in [4.78, 5) is 22.7. The molecular weight excluding hydrogens is 311 g/mol. The van der Waals surface area contributed by atoms with Crippen LogP contribution in [0.25, 0.3) is 0 Å². The van der Waals surface area contributed by atoms with Gasteiger partial charge in [0.15, 0.2) is 0 Å². The minimum Gasteiger partial charge on any atom is -0.481 e. The molecule has 0 aliphatic carbocycles. The van der Waals surface area contributed by atoms with Crippen LogP contribution in [0.4, 0.5) is 18.9 Å². The molecule has 2 N–H and O–H groups in total. The van der Waals surface area contributed by atoms with Gasteiger partial charge in [-0.25, -0.2) is 0 Å². The van der Waals surface area contributed by atoms with Crippen LogP contribution in [0.5, 0.6) is 0 Å². The van der Waals surface area contributed by atoms with E-state index in [1.54, 1.807) is 0 Å². The molecule has 8 heteroatoms. The SMILES string of the molecule is CC(C(=O)O)C(C)C(=O)Nc1c(Cl)cccc1C(F)(F)F. The lowest BCUT2D eigenvalue weighted by Crippen LogP contribution is -2.30. The highest BCUT2D eigenvalue weighted by molar-refractivity contribution is 6.34. The number of benzene rings is 1. The Labute approximate surface area is 123 Å². The lowest BCUT2D eigenvalue weighted by Gasteiger charge is -2.19. The minimum atomic E-state index is -4.69. The lowest BCUT2D eigenvalue weighted by atomic mass is 9.95. The van der Waals surface area contributed by atoms with Gasteiger partial charge < -0.3 is 10.4 Å². The summed E-state index contributed by atoms with van der Waals surface area (Å²) in [6.07, 6.45) is -4.69. The van der Waals surface area contributed by atoms with Crippen molar-refractivity contribution < 1.29 is 27.9 Å². The smallest absolute Gasteiger partial charge is 0.418 e. The van der Waals surface area contributed by atoms with Gasteiger partial charge in [-0.05, 0) is 12.1 Å². The Hall–Kier alpha value is -1.76. The van der Waals surface area contributed by atoms with Crippen molar-refractivity contribution in [3.05, 3.63) is 28.8 Å². The van der Waals surface area contributed by atoms with Crippen molar-refractivity contribution in [2.75, 3.05) is 5.32 Å². The van der Waals surface area contributed by atoms with E-state index in [-0.39, 0.29) is 5.02 Å². The second kappa shape index (κ2) is 6.34. The van der Waals surface area contributed by atoms with Gasteiger partial charge in [-0.1, -0.05) is 31.5 Å². The van der Waals surface area contributed by atoms with Crippen LogP contribution in [-0.4, -0.2) is 17.0 Å². The normalized spacial score (nSPS) is 14.4. The third kappa shape index (κ3) is 4.10. The number of hydrogen-bond acceptors (Lipinski definition) is 2. The van der Waals surface area contributed by atoms with E-state index in [9.17, 15) is 22.8 Å². The number of aliphatic carboxylic acids is 1. The highest BCUT2D eigenvalue weighted by atomic mass is 35.5. The topological polar surface area (TPSA) is 66.4 Å². The standard InChI is InChI=1S/C13H13ClF3NO3/c1-6(7(2)12(20)21)11(19)18-10-8(13(15,16)17)4-3-5-9(10)14/h3-7H,1-2H3,(H,18,19)(H,20,21). The first kappa shape index (κ1) is 17.3. The Bertz CT molecular complexity index is 560. The highest BCUT2D eigenvalue weighted by Crippen LogP contribution is 2.38. The van der Waals surface area contributed by atoms with Crippen molar-refractivity contribution in [1.82, 2.24) is 0 Å². The van der Waals surface area contributed by atoms with E-state index in [0.29, 0.717) is 0 Å². The summed E-state index contributed by atoms with van der Waals surface area (Å²) in [6, 6.07) is 3.11. The number of hydrogen-bond donors (Lipinski definition) is 2. The van der Waals surface area contributed by atoms with Crippen LogP contribution >= 0.6 is 11.6 Å². The summed E-state index contributed by atoms with van der Waals surface area (Å²) in [6.45, 7) is 2.61. The van der Waals surface area contributed by atoms with Crippen molar-refractivity contribution in [2.45, 2.75) is 20.0 Å². The van der Waals surface area contributed by atoms with Gasteiger partial charge in [0.25, 0.3) is 0 Å². The van der Waals surface area contributed by atoms with Gasteiger partial charge >= 0.3 is 12.1 Å². The number of rotatable bonds is 4. The molecule has 116 valence electrons. The van der Waals surface area contributed by atoms with Gasteiger partial charge in [-0.15, -0.1) is 0 Å². The number of halogens is 4. The third-order valence-corrected chi connectivity index (χ3v) is 3.44. The van der Waals surface area contributed by atoms with Crippen LogP contribution in [0.15, 0.2) is 18.2 Å². The fraction of sp³-hybridized carbons (Fsp3) is 0.385. The number of nitrogens with one attached hydrogen (secondary N) is 1. The maximum absolute atomic E-state index is 12.9. The fourth-order valence-electron chi connectivity index (χ4n) is 1.57. The molecule has 0 aliphatic rings. The van der Waals surface area contributed by atoms with Gasteiger partial charge in [0, 0.05) is 5.92 Å². The molecule has 1 aromatic rings. The van der Waals surface area contributed by atoms with E-state index in [4.69, 9.17) is 16.7 Å². The number of carbonyl (C=O) groups is 2. The largest absolute Gasteiger partial charge is 0.481 e. The van der Waals surface area contributed by atoms with Gasteiger partial charge in [0.05, 0.1) is 22.2 Å². The Kier molecular flexibility index (Phi) is 5.22. The van der Waals surface area contributed by atoms with Gasteiger partial charge in [0.1, 0.15) is 0 Å². The summed E-state index contributed by atoms with van der Waals surface area (Å²) in [7, 11) is 0. The molecule has 1 aromatic carbocycles. The number of anilines is 1. The van der Waals surface area contributed by atoms with Crippen LogP contribution in [0.1, 0.15) is 19.4 Å². The molecule has 1 rings (SSSR count). The van der Waals surface area contributed by atoms with Crippen LogP contribution in [0.3, 0.4) is 0 Å². The van der Waals surface area contributed by atoms with E-state index in [2.05, 4.69) is 5.32 Å². The first-order chi connectivity index (χ1) is 9.55. The molecule has 2 atom stereocenters. The molecule has 0 heterocycles. The molecular formula is C13H13ClF3NO3. The molecule has 0 saturated heterocycles. The second-order valence-corrected chi connectivity index (χ2v) is 4.97. The fourth-order valence-corrected chi connectivity index (χ4v) is 1.79. The summed E-state index contributed by atoms with van der Waals surface area (Å²) >= 11 is 5.70. The molecule has 0 fully saturated rings. The molecule has 0 radical (unpaired) electrons. The van der Waals surface area contributed by atoms with E-state index in [1.807, 2.05) is 0 Å². The first-order valence-corrected chi connectivity index (χ1v) is 6.33. The quantitative estimate of drug-likeness (QED) is 0.888. The number of carboxylic acid groups (broad SMARTS) is 1. The first-order valence-electron chi connectivity index (χ1n) is 5.95. The summed E-state index contributed by atoms with van der Waals surface area (Å²) in [5, 5.41) is 10.6. The number of amides is 1. The average molecular weight is 324 g/mol. The zero-order chi connectivity index (χ0) is 16.4. The van der Waals surface area contributed by atoms with Crippen molar-refractivity contribution in [3.63, 3.8) is 0 Å². The number of para-hydroxylation sites is 1. The van der Waals surface area contributed by atoms with E-state index < -0.39 is 41.1 Å². The van der Waals surface area contributed by atoms with Crippen LogP contribution in [-0.2, 0) is 15.8 Å². The molecule has 21 heavy (non-hydrogen) atoms. The average Bonchev–Trinajstić information content (AvgIpc) is 2.37. The van der Waals surface area contributed by atoms with Crippen molar-refractivity contribution >= 4 is 29.2 Å². The number of carboxylic acids is 1. The van der Waals surface area contributed by atoms with Crippen molar-refractivity contribution in [1.29, 1.82) is 0 Å². The molecule has 0 aromatic heterocycles. The van der Waals surface area contributed by atoms with Crippen molar-refractivity contribution in [3.8, 4) is 0 Å². The molecule has 1 amide bonds. The van der Waals surface area contributed by atoms with Crippen LogP contribution in [0, 0.1) is 11.8 Å². The van der Waals surface area contributed by atoms with Gasteiger partial charge in [-0.2, -0.15) is 13.2 Å². The molecule has 4 nitrogen and oxygen atoms in total. The van der Waals surface area contributed by atoms with Crippen LogP contribution < -0.4 is 5.32 Å². The number of carbonyl (C=O) groups excluding carboxylic acids is 1. The summed E-state index contributed by atoms with van der Waals surface area (Å²) < 4.78 is 38.6. The molecule has 0 saturated carbocycles. The predicted octanol–water partition coefficient (Wildman–Crippen LogP) is 3.65. The van der Waals surface area contributed by atoms with Gasteiger partial charge in [-0.3, -0.25) is 9.59 Å². The summed E-state index contributed by atoms with van der Waals surface area (Å²) in [5.74, 6) is -4.11. The summed E-state index contributed by atoms with van der Waals surface area (Å²) in [5.41, 5.74) is -1.65. The van der Waals surface area contributed by atoms with E-state index in [1.165, 1.54) is 19.9 Å². The Balaban J connectivity index is 3.08. The zero-order valence-electron chi connectivity index (χ0n) is 11.2. The Morgan fingerprint density at radius 2 is 1.81 bits per heavy atom. The Morgan fingerprint density at radius 3 is 2.29 bits per heavy atom. The van der Waals surface area contributed by atoms with E-state index in [0.717, 1.165) is 12.1 Å². The minimum absolute atomic E-state index is 0.270. The van der Waals surface area contributed by atoms with Crippen LogP contribution in [0.2, 0.25) is 5.02 Å². The zero-order valence-corrected chi connectivity index (χ0v) is 11.9. The maximum atomic E-state index is 12.9. The molecule has 0 aliphatic heterocycles. The maximum Gasteiger partial charge on any atom is 0.418 e. The molecule has 0 spiro atoms. The Morgan fingerprint density at radius 1 is 1.24 bits per heavy atom. The second-order valence-electron chi connectivity index (χ2n) is 4.56. The lowest BCUT2D eigenvalue weighted by molar-refractivity contribution is -0.145.